The number of nitrogens with zero attached hydrogens (tertiary/aromatic N) is 1. The molecule has 0 unspecified atom stereocenters. The van der Waals surface area contributed by atoms with Gasteiger partial charge in [0.25, 0.3) is 0 Å². The highest BCUT2D eigenvalue weighted by atomic mass is 16.5. The highest BCUT2D eigenvalue weighted by molar-refractivity contribution is 5.80. The Kier molecular flexibility index (Phi) is 1.50. The molecule has 0 amide bonds. The molecule has 0 saturated carbocycles. The van der Waals surface area contributed by atoms with Crippen LogP contribution in [0.4, 0.5) is 0 Å². The number of fused-ring (bicyclic) bond motifs is 1. The van der Waals surface area contributed by atoms with Crippen LogP contribution in [0.15, 0.2) is 22.7 Å². The summed E-state index contributed by atoms with van der Waals surface area (Å²) in [5.74, 6) is 0.210. The van der Waals surface area contributed by atoms with Crippen LogP contribution in [0, 0.1) is 0 Å². The van der Waals surface area contributed by atoms with E-state index in [1.807, 2.05) is 13.0 Å². The first kappa shape index (κ1) is 7.16. The zero-order chi connectivity index (χ0) is 8.55. The minimum Gasteiger partial charge on any atom is -0.508 e. The van der Waals surface area contributed by atoms with E-state index in [9.17, 15) is 0 Å². The first-order valence-electron chi connectivity index (χ1n) is 3.88. The lowest BCUT2D eigenvalue weighted by Crippen LogP contribution is -1.77. The van der Waals surface area contributed by atoms with E-state index < -0.39 is 0 Å². The Morgan fingerprint density at radius 2 is 2.33 bits per heavy atom. The molecule has 0 aliphatic rings. The summed E-state index contributed by atoms with van der Waals surface area (Å²) < 4.78 is 5.01. The molecule has 3 nitrogen and oxygen atoms in total. The smallest absolute Gasteiger partial charge is 0.170 e. The average molecular weight is 163 g/mol. The Balaban J connectivity index is 2.73. The van der Waals surface area contributed by atoms with E-state index in [0.29, 0.717) is 5.58 Å². The maximum absolute atomic E-state index is 9.12. The van der Waals surface area contributed by atoms with Crippen LogP contribution in [0.3, 0.4) is 0 Å². The van der Waals surface area contributed by atoms with Crippen molar-refractivity contribution in [2.45, 2.75) is 13.3 Å². The van der Waals surface area contributed by atoms with E-state index in [1.54, 1.807) is 12.1 Å². The Bertz CT molecular complexity index is 406. The summed E-state index contributed by atoms with van der Waals surface area (Å²) in [4.78, 5) is 0. The molecule has 1 heterocycles. The van der Waals surface area contributed by atoms with Crippen molar-refractivity contribution in [3.05, 3.63) is 23.9 Å². The van der Waals surface area contributed by atoms with Gasteiger partial charge in [-0.2, -0.15) is 0 Å². The second-order valence-electron chi connectivity index (χ2n) is 2.66. The lowest BCUT2D eigenvalue weighted by atomic mass is 10.2. The molecule has 1 aromatic heterocycles. The molecular formula is C9H9NO2. The highest BCUT2D eigenvalue weighted by Gasteiger charge is 2.05. The minimum absolute atomic E-state index is 0.210. The van der Waals surface area contributed by atoms with Gasteiger partial charge in [0.2, 0.25) is 0 Å². The predicted octanol–water partition coefficient (Wildman–Crippen LogP) is 2.10. The van der Waals surface area contributed by atoms with E-state index in [1.165, 1.54) is 0 Å². The van der Waals surface area contributed by atoms with Gasteiger partial charge < -0.3 is 9.63 Å². The molecule has 0 saturated heterocycles. The Hall–Kier alpha value is -1.51. The van der Waals surface area contributed by atoms with Crippen LogP contribution in [-0.4, -0.2) is 10.3 Å². The molecular weight excluding hydrogens is 154 g/mol. The van der Waals surface area contributed by atoms with E-state index >= 15 is 0 Å². The fourth-order valence-electron chi connectivity index (χ4n) is 1.23. The molecule has 12 heavy (non-hydrogen) atoms. The SMILES string of the molecule is CCc1noc2cc(O)ccc12. The Morgan fingerprint density at radius 3 is 3.08 bits per heavy atom. The standard InChI is InChI=1S/C9H9NO2/c1-2-8-7-4-3-6(11)5-9(7)12-10-8/h3-5,11H,2H2,1H3. The van der Waals surface area contributed by atoms with Crippen LogP contribution in [0.2, 0.25) is 0 Å². The summed E-state index contributed by atoms with van der Waals surface area (Å²) in [6.45, 7) is 2.02. The summed E-state index contributed by atoms with van der Waals surface area (Å²) in [5, 5.41) is 14.0. The predicted molar refractivity (Wildman–Crippen MR) is 45.1 cm³/mol. The number of phenolic OH excluding ortho intramolecular Hbond substituents is 1. The zero-order valence-electron chi connectivity index (χ0n) is 6.74. The second-order valence-corrected chi connectivity index (χ2v) is 2.66. The molecule has 0 aliphatic heterocycles. The van der Waals surface area contributed by atoms with Crippen molar-refractivity contribution in [3.8, 4) is 5.75 Å². The lowest BCUT2D eigenvalue weighted by Gasteiger charge is -1.90. The molecule has 3 heteroatoms. The second kappa shape index (κ2) is 2.52. The third kappa shape index (κ3) is 0.942. The number of hydrogen-bond donors (Lipinski definition) is 1. The van der Waals surface area contributed by atoms with Gasteiger partial charge >= 0.3 is 0 Å². The number of rotatable bonds is 1. The topological polar surface area (TPSA) is 46.3 Å². The quantitative estimate of drug-likeness (QED) is 0.700. The first-order chi connectivity index (χ1) is 5.81. The monoisotopic (exact) mass is 163 g/mol. The number of aromatic hydroxyl groups is 1. The fraction of sp³-hybridized carbons (Fsp3) is 0.222. The van der Waals surface area contributed by atoms with Crippen LogP contribution in [-0.2, 0) is 6.42 Å². The molecule has 2 aromatic rings. The highest BCUT2D eigenvalue weighted by Crippen LogP contribution is 2.22. The molecule has 0 atom stereocenters. The van der Waals surface area contributed by atoms with Crippen LogP contribution in [0.25, 0.3) is 11.0 Å². The summed E-state index contributed by atoms with van der Waals surface area (Å²) in [5.41, 5.74) is 1.58. The molecule has 0 bridgehead atoms. The number of benzene rings is 1. The average Bonchev–Trinajstić information content (AvgIpc) is 2.46. The molecule has 2 rings (SSSR count). The Labute approximate surface area is 69.6 Å². The van der Waals surface area contributed by atoms with E-state index in [0.717, 1.165) is 17.5 Å². The summed E-state index contributed by atoms with van der Waals surface area (Å²) >= 11 is 0. The van der Waals surface area contributed by atoms with E-state index in [4.69, 9.17) is 9.63 Å². The van der Waals surface area contributed by atoms with Gasteiger partial charge in [0.1, 0.15) is 5.75 Å². The normalized spacial score (nSPS) is 10.8. The van der Waals surface area contributed by atoms with Gasteiger partial charge in [-0.15, -0.1) is 0 Å². The zero-order valence-corrected chi connectivity index (χ0v) is 6.74. The molecule has 0 spiro atoms. The lowest BCUT2D eigenvalue weighted by molar-refractivity contribution is 0.442. The van der Waals surface area contributed by atoms with Crippen molar-refractivity contribution in [1.82, 2.24) is 5.16 Å². The molecule has 0 fully saturated rings. The summed E-state index contributed by atoms with van der Waals surface area (Å²) in [7, 11) is 0. The van der Waals surface area contributed by atoms with Gasteiger partial charge in [0, 0.05) is 11.5 Å². The van der Waals surface area contributed by atoms with Gasteiger partial charge in [0.15, 0.2) is 5.58 Å². The van der Waals surface area contributed by atoms with Gasteiger partial charge in [0.05, 0.1) is 5.69 Å². The van der Waals surface area contributed by atoms with E-state index in [-0.39, 0.29) is 5.75 Å². The van der Waals surface area contributed by atoms with Crippen LogP contribution in [0.1, 0.15) is 12.6 Å². The molecule has 62 valence electrons. The molecule has 0 radical (unpaired) electrons. The number of phenols is 1. The van der Waals surface area contributed by atoms with E-state index in [2.05, 4.69) is 5.16 Å². The summed E-state index contributed by atoms with van der Waals surface area (Å²) in [6.07, 6.45) is 0.845. The molecule has 1 aromatic carbocycles. The van der Waals surface area contributed by atoms with Crippen molar-refractivity contribution in [1.29, 1.82) is 0 Å². The number of aryl methyl sites for hydroxylation is 1. The third-order valence-corrected chi connectivity index (χ3v) is 1.87. The van der Waals surface area contributed by atoms with Gasteiger partial charge in [-0.25, -0.2) is 0 Å². The van der Waals surface area contributed by atoms with Gasteiger partial charge in [-0.3, -0.25) is 0 Å². The van der Waals surface area contributed by atoms with Gasteiger partial charge in [-0.05, 0) is 18.6 Å². The maximum Gasteiger partial charge on any atom is 0.170 e. The van der Waals surface area contributed by atoms with Crippen molar-refractivity contribution >= 4 is 11.0 Å². The third-order valence-electron chi connectivity index (χ3n) is 1.87. The van der Waals surface area contributed by atoms with Gasteiger partial charge in [-0.1, -0.05) is 12.1 Å². The van der Waals surface area contributed by atoms with Crippen LogP contribution >= 0.6 is 0 Å². The first-order valence-corrected chi connectivity index (χ1v) is 3.88. The largest absolute Gasteiger partial charge is 0.508 e. The van der Waals surface area contributed by atoms with Crippen LogP contribution < -0.4 is 0 Å². The van der Waals surface area contributed by atoms with Crippen molar-refractivity contribution in [3.63, 3.8) is 0 Å². The Morgan fingerprint density at radius 1 is 1.50 bits per heavy atom. The minimum atomic E-state index is 0.210. The number of aromatic nitrogens is 1. The fourth-order valence-corrected chi connectivity index (χ4v) is 1.23. The van der Waals surface area contributed by atoms with Crippen molar-refractivity contribution in [2.75, 3.05) is 0 Å². The summed E-state index contributed by atoms with van der Waals surface area (Å²) in [6, 6.07) is 5.03. The molecule has 0 aliphatic carbocycles. The molecule has 1 N–H and O–H groups in total. The van der Waals surface area contributed by atoms with Crippen molar-refractivity contribution < 1.29 is 9.63 Å². The van der Waals surface area contributed by atoms with Crippen LogP contribution in [0.5, 0.6) is 5.75 Å². The maximum atomic E-state index is 9.12. The van der Waals surface area contributed by atoms with Crippen molar-refractivity contribution in [2.24, 2.45) is 0 Å². The number of hydrogen-bond acceptors (Lipinski definition) is 3.